The van der Waals surface area contributed by atoms with Crippen molar-refractivity contribution in [2.45, 2.75) is 20.3 Å². The largest absolute Gasteiger partial charge is 0.451 e. The molecule has 20 heavy (non-hydrogen) atoms. The van der Waals surface area contributed by atoms with E-state index in [1.54, 1.807) is 12.1 Å². The summed E-state index contributed by atoms with van der Waals surface area (Å²) in [4.78, 5) is 12.1. The van der Waals surface area contributed by atoms with Gasteiger partial charge in [-0.15, -0.1) is 0 Å². The van der Waals surface area contributed by atoms with Gasteiger partial charge in [0.15, 0.2) is 5.76 Å². The summed E-state index contributed by atoms with van der Waals surface area (Å²) < 4.78 is 5.60. The van der Waals surface area contributed by atoms with Crippen LogP contribution >= 0.6 is 11.6 Å². The molecule has 1 aromatic heterocycles. The molecule has 0 saturated heterocycles. The van der Waals surface area contributed by atoms with Crippen LogP contribution in [0.25, 0.3) is 11.0 Å². The van der Waals surface area contributed by atoms with Gasteiger partial charge in [0.2, 0.25) is 0 Å². The average Bonchev–Trinajstić information content (AvgIpc) is 2.76. The summed E-state index contributed by atoms with van der Waals surface area (Å²) in [5, 5.41) is 7.59. The molecule has 0 aliphatic heterocycles. The molecule has 0 spiro atoms. The molecule has 0 unspecified atom stereocenters. The summed E-state index contributed by atoms with van der Waals surface area (Å²) in [6, 6.07) is 5.35. The van der Waals surface area contributed by atoms with Crippen LogP contribution in [-0.2, 0) is 0 Å². The molecule has 1 heterocycles. The van der Waals surface area contributed by atoms with Gasteiger partial charge < -0.3 is 15.1 Å². The highest BCUT2D eigenvalue weighted by atomic mass is 35.5. The van der Waals surface area contributed by atoms with Gasteiger partial charge in [0, 0.05) is 29.1 Å². The maximum atomic E-state index is 12.1. The zero-order chi connectivity index (χ0) is 14.5. The van der Waals surface area contributed by atoms with E-state index in [1.807, 2.05) is 13.0 Å². The third-order valence-electron chi connectivity index (χ3n) is 3.12. The lowest BCUT2D eigenvalue weighted by Gasteiger charge is -2.04. The maximum Gasteiger partial charge on any atom is 0.287 e. The Morgan fingerprint density at radius 2 is 2.10 bits per heavy atom. The van der Waals surface area contributed by atoms with Gasteiger partial charge in [-0.05, 0) is 38.1 Å². The normalized spacial score (nSPS) is 10.9. The van der Waals surface area contributed by atoms with Crippen molar-refractivity contribution < 1.29 is 9.21 Å². The van der Waals surface area contributed by atoms with Gasteiger partial charge in [-0.2, -0.15) is 0 Å². The lowest BCUT2D eigenvalue weighted by atomic mass is 10.1. The number of aryl methyl sites for hydroxylation is 1. The quantitative estimate of drug-likeness (QED) is 0.805. The van der Waals surface area contributed by atoms with Crippen LogP contribution in [0.3, 0.4) is 0 Å². The average molecular weight is 295 g/mol. The van der Waals surface area contributed by atoms with Crippen LogP contribution in [0.1, 0.15) is 29.5 Å². The Morgan fingerprint density at radius 3 is 2.85 bits per heavy atom. The number of halogens is 1. The fourth-order valence-corrected chi connectivity index (χ4v) is 2.23. The number of fused-ring (bicyclic) bond motifs is 1. The van der Waals surface area contributed by atoms with E-state index in [-0.39, 0.29) is 5.91 Å². The summed E-state index contributed by atoms with van der Waals surface area (Å²) in [6.07, 6.45) is 1.08. The predicted octanol–water partition coefficient (Wildman–Crippen LogP) is 3.12. The number of hydrogen-bond donors (Lipinski definition) is 2. The van der Waals surface area contributed by atoms with E-state index >= 15 is 0 Å². The van der Waals surface area contributed by atoms with Crippen molar-refractivity contribution in [1.82, 2.24) is 10.6 Å². The van der Waals surface area contributed by atoms with Crippen LogP contribution in [0.15, 0.2) is 22.6 Å². The van der Waals surface area contributed by atoms with Gasteiger partial charge in [0.05, 0.1) is 0 Å². The Kier molecular flexibility index (Phi) is 5.04. The first-order valence-electron chi connectivity index (χ1n) is 6.81. The van der Waals surface area contributed by atoms with Gasteiger partial charge in [0.1, 0.15) is 5.58 Å². The number of nitrogens with one attached hydrogen (secondary N) is 2. The van der Waals surface area contributed by atoms with E-state index in [2.05, 4.69) is 17.6 Å². The third-order valence-corrected chi connectivity index (χ3v) is 3.35. The molecule has 1 amide bonds. The molecular formula is C15H19ClN2O2. The first-order valence-corrected chi connectivity index (χ1v) is 7.19. The SMILES string of the molecule is CCCNCCNC(=O)c1oc2ccc(Cl)cc2c1C. The summed E-state index contributed by atoms with van der Waals surface area (Å²) in [7, 11) is 0. The van der Waals surface area contributed by atoms with E-state index in [1.165, 1.54) is 0 Å². The second-order valence-electron chi connectivity index (χ2n) is 4.70. The predicted molar refractivity (Wildman–Crippen MR) is 81.5 cm³/mol. The zero-order valence-electron chi connectivity index (χ0n) is 11.8. The molecule has 5 heteroatoms. The molecule has 1 aromatic carbocycles. The molecule has 2 N–H and O–H groups in total. The van der Waals surface area contributed by atoms with Crippen LogP contribution in [-0.4, -0.2) is 25.5 Å². The topological polar surface area (TPSA) is 54.3 Å². The minimum absolute atomic E-state index is 0.187. The number of rotatable bonds is 6. The van der Waals surface area contributed by atoms with Crippen LogP contribution < -0.4 is 10.6 Å². The van der Waals surface area contributed by atoms with Gasteiger partial charge in [-0.3, -0.25) is 4.79 Å². The second-order valence-corrected chi connectivity index (χ2v) is 5.14. The molecule has 108 valence electrons. The highest BCUT2D eigenvalue weighted by Crippen LogP contribution is 2.27. The van der Waals surface area contributed by atoms with E-state index in [0.717, 1.165) is 30.5 Å². The highest BCUT2D eigenvalue weighted by Gasteiger charge is 2.17. The molecular weight excluding hydrogens is 276 g/mol. The summed E-state index contributed by atoms with van der Waals surface area (Å²) >= 11 is 5.96. The minimum Gasteiger partial charge on any atom is -0.451 e. The Balaban J connectivity index is 2.05. The number of furan rings is 1. The van der Waals surface area contributed by atoms with Crippen molar-refractivity contribution in [2.24, 2.45) is 0 Å². The molecule has 0 saturated carbocycles. The zero-order valence-corrected chi connectivity index (χ0v) is 12.5. The smallest absolute Gasteiger partial charge is 0.287 e. The number of hydrogen-bond acceptors (Lipinski definition) is 3. The monoisotopic (exact) mass is 294 g/mol. The molecule has 2 rings (SSSR count). The summed E-state index contributed by atoms with van der Waals surface area (Å²) in [5.74, 6) is 0.172. The van der Waals surface area contributed by atoms with Crippen molar-refractivity contribution in [2.75, 3.05) is 19.6 Å². The third kappa shape index (κ3) is 3.32. The van der Waals surface area contributed by atoms with Gasteiger partial charge in [-0.1, -0.05) is 18.5 Å². The van der Waals surface area contributed by atoms with Gasteiger partial charge >= 0.3 is 0 Å². The molecule has 4 nitrogen and oxygen atoms in total. The van der Waals surface area contributed by atoms with Gasteiger partial charge in [0.25, 0.3) is 5.91 Å². The summed E-state index contributed by atoms with van der Waals surface area (Å²) in [5.41, 5.74) is 1.50. The van der Waals surface area contributed by atoms with E-state index in [9.17, 15) is 4.79 Å². The lowest BCUT2D eigenvalue weighted by Crippen LogP contribution is -2.32. The molecule has 2 aromatic rings. The van der Waals surface area contributed by atoms with Crippen molar-refractivity contribution >= 4 is 28.5 Å². The van der Waals surface area contributed by atoms with Crippen LogP contribution in [0.5, 0.6) is 0 Å². The van der Waals surface area contributed by atoms with E-state index in [0.29, 0.717) is 22.9 Å². The molecule has 0 fully saturated rings. The van der Waals surface area contributed by atoms with Crippen molar-refractivity contribution in [3.05, 3.63) is 34.5 Å². The Hall–Kier alpha value is -1.52. The van der Waals surface area contributed by atoms with Crippen LogP contribution in [0.2, 0.25) is 5.02 Å². The summed E-state index contributed by atoms with van der Waals surface area (Å²) in [6.45, 7) is 6.26. The standard InChI is InChI=1S/C15H19ClN2O2/c1-3-6-17-7-8-18-15(19)14-10(2)12-9-11(16)4-5-13(12)20-14/h4-5,9,17H,3,6-8H2,1-2H3,(H,18,19). The number of carbonyl (C=O) groups is 1. The fourth-order valence-electron chi connectivity index (χ4n) is 2.06. The van der Waals surface area contributed by atoms with Crippen molar-refractivity contribution in [3.63, 3.8) is 0 Å². The van der Waals surface area contributed by atoms with E-state index < -0.39 is 0 Å². The molecule has 0 bridgehead atoms. The minimum atomic E-state index is -0.187. The van der Waals surface area contributed by atoms with Gasteiger partial charge in [-0.25, -0.2) is 0 Å². The molecule has 0 radical (unpaired) electrons. The number of amides is 1. The second kappa shape index (κ2) is 6.77. The van der Waals surface area contributed by atoms with Crippen LogP contribution in [0, 0.1) is 6.92 Å². The Morgan fingerprint density at radius 1 is 1.30 bits per heavy atom. The molecule has 0 aliphatic rings. The Bertz CT molecular complexity index is 607. The molecule has 0 atom stereocenters. The number of benzene rings is 1. The first-order chi connectivity index (χ1) is 9.63. The van der Waals surface area contributed by atoms with E-state index in [4.69, 9.17) is 16.0 Å². The lowest BCUT2D eigenvalue weighted by molar-refractivity contribution is 0.0927. The fraction of sp³-hybridized carbons (Fsp3) is 0.400. The van der Waals surface area contributed by atoms with Crippen LogP contribution in [0.4, 0.5) is 0 Å². The van der Waals surface area contributed by atoms with Crippen molar-refractivity contribution in [1.29, 1.82) is 0 Å². The van der Waals surface area contributed by atoms with Crippen molar-refractivity contribution in [3.8, 4) is 0 Å². The Labute approximate surface area is 123 Å². The molecule has 0 aliphatic carbocycles. The highest BCUT2D eigenvalue weighted by molar-refractivity contribution is 6.31. The number of carbonyl (C=O) groups excluding carboxylic acids is 1. The maximum absolute atomic E-state index is 12.1. The first kappa shape index (κ1) is 14.9.